The van der Waals surface area contributed by atoms with Crippen molar-refractivity contribution >= 4 is 35.6 Å². The van der Waals surface area contributed by atoms with Gasteiger partial charge in [0.1, 0.15) is 0 Å². The molecule has 3 rings (SSSR count). The summed E-state index contributed by atoms with van der Waals surface area (Å²) in [6.45, 7) is 8.56. The number of piperidine rings is 1. The van der Waals surface area contributed by atoms with Crippen LogP contribution in [0.1, 0.15) is 26.2 Å². The van der Waals surface area contributed by atoms with Crippen LogP contribution in [0.4, 0.5) is 5.69 Å². The Hall–Kier alpha value is -1.02. The van der Waals surface area contributed by atoms with Crippen LogP contribution < -0.4 is 15.5 Å². The monoisotopic (exact) mass is 471 g/mol. The molecule has 2 aliphatic rings. The summed E-state index contributed by atoms with van der Waals surface area (Å²) in [7, 11) is 2.21. The first-order chi connectivity index (χ1) is 12.2. The van der Waals surface area contributed by atoms with Gasteiger partial charge >= 0.3 is 0 Å². The molecule has 6 heteroatoms. The predicted molar refractivity (Wildman–Crippen MR) is 122 cm³/mol. The number of guanidine groups is 1. The first kappa shape index (κ1) is 21.3. The molecule has 0 radical (unpaired) electrons. The van der Waals surface area contributed by atoms with Crippen LogP contribution in [-0.4, -0.2) is 63.2 Å². The number of likely N-dealkylation sites (tertiary alicyclic amines) is 1. The van der Waals surface area contributed by atoms with Crippen LogP contribution in [0.5, 0.6) is 0 Å². The van der Waals surface area contributed by atoms with Gasteiger partial charge in [0.2, 0.25) is 0 Å². The van der Waals surface area contributed by atoms with Gasteiger partial charge in [-0.2, -0.15) is 0 Å². The molecule has 0 aliphatic carbocycles. The molecule has 2 heterocycles. The van der Waals surface area contributed by atoms with E-state index in [1.165, 1.54) is 31.6 Å². The Morgan fingerprint density at radius 2 is 1.85 bits per heavy atom. The highest BCUT2D eigenvalue weighted by molar-refractivity contribution is 14.0. The number of anilines is 1. The standard InChI is InChI=1S/C20H33N5.HI/c1-3-21-20(22-15-17-9-12-24(2)13-10-17)23-18-11-14-25(16-18)19-7-5-4-6-8-19;/h4-8,17-18H,3,9-16H2,1-2H3,(H2,21,22,23);1H. The van der Waals surface area contributed by atoms with Crippen LogP contribution >= 0.6 is 24.0 Å². The van der Waals surface area contributed by atoms with Gasteiger partial charge in [-0.3, -0.25) is 4.99 Å². The second-order valence-corrected chi connectivity index (χ2v) is 7.38. The maximum Gasteiger partial charge on any atom is 0.191 e. The molecule has 2 aliphatic heterocycles. The molecule has 0 spiro atoms. The average molecular weight is 471 g/mol. The van der Waals surface area contributed by atoms with E-state index in [2.05, 4.69) is 64.7 Å². The van der Waals surface area contributed by atoms with Gasteiger partial charge in [0.25, 0.3) is 0 Å². The van der Waals surface area contributed by atoms with Crippen molar-refractivity contribution in [3.63, 3.8) is 0 Å². The normalized spacial score (nSPS) is 22.2. The van der Waals surface area contributed by atoms with Crippen molar-refractivity contribution in [1.82, 2.24) is 15.5 Å². The number of benzene rings is 1. The zero-order valence-corrected chi connectivity index (χ0v) is 18.5. The minimum absolute atomic E-state index is 0. The number of hydrogen-bond acceptors (Lipinski definition) is 3. The number of nitrogens with one attached hydrogen (secondary N) is 2. The van der Waals surface area contributed by atoms with Crippen molar-refractivity contribution in [1.29, 1.82) is 0 Å². The van der Waals surface area contributed by atoms with Gasteiger partial charge in [0.05, 0.1) is 0 Å². The largest absolute Gasteiger partial charge is 0.369 e. The molecule has 2 saturated heterocycles. The average Bonchev–Trinajstić information content (AvgIpc) is 3.10. The number of hydrogen-bond donors (Lipinski definition) is 2. The van der Waals surface area contributed by atoms with Crippen LogP contribution in [0, 0.1) is 5.92 Å². The molecule has 2 fully saturated rings. The quantitative estimate of drug-likeness (QED) is 0.394. The maximum absolute atomic E-state index is 4.88. The van der Waals surface area contributed by atoms with Crippen molar-refractivity contribution in [2.24, 2.45) is 10.9 Å². The molecule has 0 amide bonds. The first-order valence-electron chi connectivity index (χ1n) is 9.78. The van der Waals surface area contributed by atoms with E-state index in [4.69, 9.17) is 4.99 Å². The molecular formula is C20H34IN5. The lowest BCUT2D eigenvalue weighted by Crippen LogP contribution is -2.45. The number of nitrogens with zero attached hydrogens (tertiary/aromatic N) is 3. The molecule has 0 saturated carbocycles. The molecule has 1 atom stereocenters. The van der Waals surface area contributed by atoms with E-state index < -0.39 is 0 Å². The fourth-order valence-electron chi connectivity index (χ4n) is 3.73. The predicted octanol–water partition coefficient (Wildman–Crippen LogP) is 2.78. The van der Waals surface area contributed by atoms with Crippen LogP contribution in [0.15, 0.2) is 35.3 Å². The van der Waals surface area contributed by atoms with Gasteiger partial charge in [0.15, 0.2) is 5.96 Å². The maximum atomic E-state index is 4.88. The van der Waals surface area contributed by atoms with Crippen LogP contribution in [0.2, 0.25) is 0 Å². The summed E-state index contributed by atoms with van der Waals surface area (Å²) in [5.74, 6) is 1.72. The van der Waals surface area contributed by atoms with Crippen LogP contribution in [0.25, 0.3) is 0 Å². The molecule has 0 aromatic heterocycles. The lowest BCUT2D eigenvalue weighted by atomic mass is 9.97. The second-order valence-electron chi connectivity index (χ2n) is 7.38. The summed E-state index contributed by atoms with van der Waals surface area (Å²) >= 11 is 0. The molecule has 26 heavy (non-hydrogen) atoms. The van der Waals surface area contributed by atoms with E-state index in [-0.39, 0.29) is 24.0 Å². The van der Waals surface area contributed by atoms with Gasteiger partial charge < -0.3 is 20.4 Å². The summed E-state index contributed by atoms with van der Waals surface area (Å²) in [5, 5.41) is 7.07. The highest BCUT2D eigenvalue weighted by Crippen LogP contribution is 2.20. The summed E-state index contributed by atoms with van der Waals surface area (Å²) < 4.78 is 0. The fourth-order valence-corrected chi connectivity index (χ4v) is 3.73. The summed E-state index contributed by atoms with van der Waals surface area (Å²) in [6.07, 6.45) is 3.70. The third-order valence-corrected chi connectivity index (χ3v) is 5.34. The molecule has 146 valence electrons. The van der Waals surface area contributed by atoms with Crippen LogP contribution in [-0.2, 0) is 0 Å². The van der Waals surface area contributed by atoms with E-state index in [9.17, 15) is 0 Å². The molecule has 5 nitrogen and oxygen atoms in total. The van der Waals surface area contributed by atoms with Crippen molar-refractivity contribution < 1.29 is 0 Å². The van der Waals surface area contributed by atoms with Crippen LogP contribution in [0.3, 0.4) is 0 Å². The SMILES string of the molecule is CCNC(=NCC1CCN(C)CC1)NC1CCN(c2ccccc2)C1.I. The van der Waals surface area contributed by atoms with E-state index in [0.29, 0.717) is 6.04 Å². The van der Waals surface area contributed by atoms with E-state index >= 15 is 0 Å². The minimum Gasteiger partial charge on any atom is -0.369 e. The van der Waals surface area contributed by atoms with E-state index in [1.54, 1.807) is 0 Å². The van der Waals surface area contributed by atoms with E-state index in [0.717, 1.165) is 44.5 Å². The minimum atomic E-state index is 0. The zero-order valence-electron chi connectivity index (χ0n) is 16.2. The fraction of sp³-hybridized carbons (Fsp3) is 0.650. The second kappa shape index (κ2) is 11.0. The van der Waals surface area contributed by atoms with Crippen molar-refractivity contribution in [3.05, 3.63) is 30.3 Å². The Kier molecular flexibility index (Phi) is 8.98. The highest BCUT2D eigenvalue weighted by atomic mass is 127. The third-order valence-electron chi connectivity index (χ3n) is 5.34. The summed E-state index contributed by atoms with van der Waals surface area (Å²) in [5.41, 5.74) is 1.32. The molecule has 1 aromatic rings. The summed E-state index contributed by atoms with van der Waals surface area (Å²) in [4.78, 5) is 9.75. The first-order valence-corrected chi connectivity index (χ1v) is 9.78. The Morgan fingerprint density at radius 1 is 1.12 bits per heavy atom. The number of aliphatic imine (C=N–C) groups is 1. The molecule has 1 aromatic carbocycles. The van der Waals surface area contributed by atoms with Crippen molar-refractivity contribution in [2.45, 2.75) is 32.2 Å². The smallest absolute Gasteiger partial charge is 0.191 e. The van der Waals surface area contributed by atoms with Gasteiger partial charge in [-0.15, -0.1) is 24.0 Å². The highest BCUT2D eigenvalue weighted by Gasteiger charge is 2.23. The van der Waals surface area contributed by atoms with Crippen molar-refractivity contribution in [2.75, 3.05) is 51.2 Å². The Balaban J connectivity index is 0.00000243. The topological polar surface area (TPSA) is 42.9 Å². The van der Waals surface area contributed by atoms with Crippen molar-refractivity contribution in [3.8, 4) is 0 Å². The molecular weight excluding hydrogens is 437 g/mol. The Labute approximate surface area is 175 Å². The number of halogens is 1. The lowest BCUT2D eigenvalue weighted by molar-refractivity contribution is 0.223. The summed E-state index contributed by atoms with van der Waals surface area (Å²) in [6, 6.07) is 11.2. The Bertz CT molecular complexity index is 542. The molecule has 1 unspecified atom stereocenters. The van der Waals surface area contributed by atoms with Gasteiger partial charge in [-0.1, -0.05) is 18.2 Å². The molecule has 2 N–H and O–H groups in total. The number of para-hydroxylation sites is 1. The molecule has 0 bridgehead atoms. The number of rotatable bonds is 5. The van der Waals surface area contributed by atoms with Gasteiger partial charge in [-0.05, 0) is 64.4 Å². The van der Waals surface area contributed by atoms with Gasteiger partial charge in [-0.25, -0.2) is 0 Å². The van der Waals surface area contributed by atoms with E-state index in [1.807, 2.05) is 0 Å². The van der Waals surface area contributed by atoms with Gasteiger partial charge in [0, 0.05) is 37.9 Å². The Morgan fingerprint density at radius 3 is 2.54 bits per heavy atom. The third kappa shape index (κ3) is 6.30. The zero-order chi connectivity index (χ0) is 17.5. The lowest BCUT2D eigenvalue weighted by Gasteiger charge is -2.28.